The average molecular weight is 456 g/mol. The number of hydrogen-bond acceptors (Lipinski definition) is 4. The van der Waals surface area contributed by atoms with Crippen LogP contribution in [0, 0.1) is 11.7 Å². The SMILES string of the molecule is C[C@H](NC(=O)C1CN(c2ncnn3cc(-c4ccc(C5CC5)cc4)cc23)C1)c1ccc(F)cc1. The quantitative estimate of drug-likeness (QED) is 0.457. The Kier molecular flexibility index (Phi) is 5.05. The van der Waals surface area contributed by atoms with Crippen LogP contribution in [-0.4, -0.2) is 33.6 Å². The largest absolute Gasteiger partial charge is 0.353 e. The van der Waals surface area contributed by atoms with Gasteiger partial charge < -0.3 is 10.2 Å². The van der Waals surface area contributed by atoms with Crippen LogP contribution in [0.25, 0.3) is 16.6 Å². The normalized spacial score (nSPS) is 16.9. The van der Waals surface area contributed by atoms with Gasteiger partial charge in [0, 0.05) is 24.8 Å². The predicted molar refractivity (Wildman–Crippen MR) is 129 cm³/mol. The van der Waals surface area contributed by atoms with E-state index >= 15 is 0 Å². The van der Waals surface area contributed by atoms with Gasteiger partial charge in [0.2, 0.25) is 5.91 Å². The third kappa shape index (κ3) is 3.91. The Hall–Kier alpha value is -3.74. The molecule has 1 amide bonds. The molecule has 0 bridgehead atoms. The molecule has 2 fully saturated rings. The number of anilines is 1. The number of carbonyl (C=O) groups is 1. The smallest absolute Gasteiger partial charge is 0.227 e. The van der Waals surface area contributed by atoms with Gasteiger partial charge >= 0.3 is 0 Å². The lowest BCUT2D eigenvalue weighted by Crippen LogP contribution is -2.54. The second-order valence-corrected chi connectivity index (χ2v) is 9.42. The van der Waals surface area contributed by atoms with Crippen molar-refractivity contribution >= 4 is 17.2 Å². The highest BCUT2D eigenvalue weighted by Crippen LogP contribution is 2.40. The van der Waals surface area contributed by atoms with E-state index in [4.69, 9.17) is 0 Å². The summed E-state index contributed by atoms with van der Waals surface area (Å²) in [6.07, 6.45) is 6.19. The Labute approximate surface area is 197 Å². The molecule has 1 aliphatic heterocycles. The minimum atomic E-state index is -0.281. The lowest BCUT2D eigenvalue weighted by Gasteiger charge is -2.39. The standard InChI is InChI=1S/C27H26FN5O/c1-17(18-8-10-24(28)11-9-18)31-27(34)23-13-32(14-23)26-25-12-22(15-33(25)30-16-29-26)21-6-4-20(5-7-21)19-2-3-19/h4-12,15-17,19,23H,2-3,13-14H2,1H3,(H,31,34)/t17-/m0/s1. The fraction of sp³-hybridized carbons (Fsp3) is 0.296. The molecule has 6 rings (SSSR count). The Morgan fingerprint density at radius 2 is 1.79 bits per heavy atom. The maximum atomic E-state index is 13.2. The van der Waals surface area contributed by atoms with Crippen molar-refractivity contribution in [1.82, 2.24) is 19.9 Å². The maximum Gasteiger partial charge on any atom is 0.227 e. The Balaban J connectivity index is 1.14. The number of nitrogens with zero attached hydrogens (tertiary/aromatic N) is 4. The number of amides is 1. The lowest BCUT2D eigenvalue weighted by molar-refractivity contribution is -0.126. The Morgan fingerprint density at radius 1 is 1.06 bits per heavy atom. The van der Waals surface area contributed by atoms with Crippen molar-refractivity contribution in [3.05, 3.63) is 84.1 Å². The van der Waals surface area contributed by atoms with Crippen LogP contribution in [0.2, 0.25) is 0 Å². The zero-order valence-electron chi connectivity index (χ0n) is 19.0. The summed E-state index contributed by atoms with van der Waals surface area (Å²) in [5, 5.41) is 7.43. The van der Waals surface area contributed by atoms with Crippen LogP contribution in [0.4, 0.5) is 10.2 Å². The maximum absolute atomic E-state index is 13.2. The molecule has 1 N–H and O–H groups in total. The van der Waals surface area contributed by atoms with Crippen LogP contribution in [0.15, 0.2) is 67.1 Å². The summed E-state index contributed by atoms with van der Waals surface area (Å²) in [5.74, 6) is 1.20. The predicted octanol–water partition coefficient (Wildman–Crippen LogP) is 4.73. The second kappa shape index (κ2) is 8.24. The molecular formula is C27H26FN5O. The van der Waals surface area contributed by atoms with E-state index < -0.39 is 0 Å². The van der Waals surface area contributed by atoms with Crippen molar-refractivity contribution in [2.24, 2.45) is 5.92 Å². The molecule has 1 aliphatic carbocycles. The third-order valence-electron chi connectivity index (χ3n) is 6.96. The molecule has 3 heterocycles. The molecule has 1 saturated carbocycles. The minimum absolute atomic E-state index is 0.00461. The number of aromatic nitrogens is 3. The average Bonchev–Trinajstić information content (AvgIpc) is 3.57. The first-order valence-electron chi connectivity index (χ1n) is 11.8. The monoisotopic (exact) mass is 455 g/mol. The van der Waals surface area contributed by atoms with Crippen LogP contribution in [0.5, 0.6) is 0 Å². The first-order chi connectivity index (χ1) is 16.5. The zero-order valence-corrected chi connectivity index (χ0v) is 19.0. The molecule has 7 heteroatoms. The van der Waals surface area contributed by atoms with Crippen molar-refractivity contribution in [1.29, 1.82) is 0 Å². The van der Waals surface area contributed by atoms with E-state index in [-0.39, 0.29) is 23.7 Å². The summed E-state index contributed by atoms with van der Waals surface area (Å²) in [6, 6.07) is 17.0. The molecule has 0 radical (unpaired) electrons. The Bertz CT molecular complexity index is 1340. The number of rotatable bonds is 6. The zero-order chi connectivity index (χ0) is 23.2. The van der Waals surface area contributed by atoms with Gasteiger partial charge in [0.05, 0.1) is 12.0 Å². The van der Waals surface area contributed by atoms with E-state index in [2.05, 4.69) is 50.6 Å². The van der Waals surface area contributed by atoms with Crippen LogP contribution >= 0.6 is 0 Å². The Morgan fingerprint density at radius 3 is 2.50 bits per heavy atom. The molecule has 4 aromatic rings. The molecule has 172 valence electrons. The molecule has 2 aromatic carbocycles. The fourth-order valence-corrected chi connectivity index (χ4v) is 4.67. The fourth-order valence-electron chi connectivity index (χ4n) is 4.67. The molecule has 2 aromatic heterocycles. The molecular weight excluding hydrogens is 429 g/mol. The van der Waals surface area contributed by atoms with Crippen LogP contribution in [0.3, 0.4) is 0 Å². The number of hydrogen-bond donors (Lipinski definition) is 1. The molecule has 2 aliphatic rings. The summed E-state index contributed by atoms with van der Waals surface area (Å²) in [6.45, 7) is 3.12. The number of halogens is 1. The van der Waals surface area contributed by atoms with E-state index in [1.165, 1.54) is 30.5 Å². The number of carbonyl (C=O) groups excluding carboxylic acids is 1. The van der Waals surface area contributed by atoms with E-state index in [9.17, 15) is 9.18 Å². The van der Waals surface area contributed by atoms with Gasteiger partial charge in [-0.1, -0.05) is 36.4 Å². The molecule has 0 spiro atoms. The van der Waals surface area contributed by atoms with Crippen molar-refractivity contribution in [3.8, 4) is 11.1 Å². The summed E-state index contributed by atoms with van der Waals surface area (Å²) >= 11 is 0. The summed E-state index contributed by atoms with van der Waals surface area (Å²) in [4.78, 5) is 19.4. The topological polar surface area (TPSA) is 62.5 Å². The van der Waals surface area contributed by atoms with Crippen LogP contribution in [-0.2, 0) is 4.79 Å². The van der Waals surface area contributed by atoms with Crippen LogP contribution in [0.1, 0.15) is 42.9 Å². The van der Waals surface area contributed by atoms with Crippen molar-refractivity contribution in [2.75, 3.05) is 18.0 Å². The number of nitrogens with one attached hydrogen (secondary N) is 1. The summed E-state index contributed by atoms with van der Waals surface area (Å²) in [5.41, 5.74) is 5.51. The summed E-state index contributed by atoms with van der Waals surface area (Å²) in [7, 11) is 0. The molecule has 6 nitrogen and oxygen atoms in total. The van der Waals surface area contributed by atoms with Crippen molar-refractivity contribution in [2.45, 2.75) is 31.7 Å². The van der Waals surface area contributed by atoms with Gasteiger partial charge in [-0.25, -0.2) is 13.9 Å². The van der Waals surface area contributed by atoms with Crippen molar-refractivity contribution < 1.29 is 9.18 Å². The van der Waals surface area contributed by atoms with E-state index in [1.807, 2.05) is 17.6 Å². The highest BCUT2D eigenvalue weighted by Gasteiger charge is 2.35. The lowest BCUT2D eigenvalue weighted by atomic mass is 9.98. The molecule has 34 heavy (non-hydrogen) atoms. The summed E-state index contributed by atoms with van der Waals surface area (Å²) < 4.78 is 15.0. The van der Waals surface area contributed by atoms with Gasteiger partial charge in [-0.05, 0) is 60.6 Å². The highest BCUT2D eigenvalue weighted by atomic mass is 19.1. The highest BCUT2D eigenvalue weighted by molar-refractivity contribution is 5.84. The van der Waals surface area contributed by atoms with Gasteiger partial charge in [-0.15, -0.1) is 0 Å². The third-order valence-corrected chi connectivity index (χ3v) is 6.96. The van der Waals surface area contributed by atoms with Gasteiger partial charge in [-0.2, -0.15) is 5.10 Å². The second-order valence-electron chi connectivity index (χ2n) is 9.42. The van der Waals surface area contributed by atoms with E-state index in [1.54, 1.807) is 18.5 Å². The first-order valence-corrected chi connectivity index (χ1v) is 11.8. The van der Waals surface area contributed by atoms with E-state index in [0.717, 1.165) is 33.9 Å². The molecule has 0 unspecified atom stereocenters. The van der Waals surface area contributed by atoms with Gasteiger partial charge in [0.1, 0.15) is 17.7 Å². The number of fused-ring (bicyclic) bond motifs is 1. The van der Waals surface area contributed by atoms with Gasteiger partial charge in [-0.3, -0.25) is 4.79 Å². The number of benzene rings is 2. The van der Waals surface area contributed by atoms with Gasteiger partial charge in [0.25, 0.3) is 0 Å². The molecule has 1 saturated heterocycles. The van der Waals surface area contributed by atoms with Gasteiger partial charge in [0.15, 0.2) is 5.82 Å². The van der Waals surface area contributed by atoms with Crippen LogP contribution < -0.4 is 10.2 Å². The molecule has 1 atom stereocenters. The van der Waals surface area contributed by atoms with Crippen molar-refractivity contribution in [3.63, 3.8) is 0 Å². The van der Waals surface area contributed by atoms with E-state index in [0.29, 0.717) is 13.1 Å². The first kappa shape index (κ1) is 20.8. The minimum Gasteiger partial charge on any atom is -0.353 e.